The Balaban J connectivity index is 2.15. The van der Waals surface area contributed by atoms with Crippen LogP contribution in [0.3, 0.4) is 0 Å². The molecule has 100 valence electrons. The van der Waals surface area contributed by atoms with E-state index in [1.807, 2.05) is 48.5 Å². The predicted octanol–water partition coefficient (Wildman–Crippen LogP) is 3.98. The highest BCUT2D eigenvalue weighted by molar-refractivity contribution is 6.02. The van der Waals surface area contributed by atoms with Crippen molar-refractivity contribution in [3.63, 3.8) is 0 Å². The first-order valence-corrected chi connectivity index (χ1v) is 6.42. The van der Waals surface area contributed by atoms with Gasteiger partial charge in [-0.1, -0.05) is 43.0 Å². The van der Waals surface area contributed by atoms with E-state index in [1.165, 1.54) is 0 Å². The molecule has 21 heavy (non-hydrogen) atoms. The molecule has 0 saturated heterocycles. The van der Waals surface area contributed by atoms with Gasteiger partial charge in [0, 0.05) is 5.39 Å². The summed E-state index contributed by atoms with van der Waals surface area (Å²) in [6.45, 7) is 3.36. The average molecular weight is 273 g/mol. The van der Waals surface area contributed by atoms with Crippen LogP contribution in [0.2, 0.25) is 0 Å². The lowest BCUT2D eigenvalue weighted by Gasteiger charge is -2.08. The Labute approximate surface area is 121 Å². The number of benzene rings is 3. The summed E-state index contributed by atoms with van der Waals surface area (Å²) in [5.41, 5.74) is -0.215. The molecular formula is C18H11NO2. The lowest BCUT2D eigenvalue weighted by molar-refractivity contribution is -0.129. The van der Waals surface area contributed by atoms with Crippen LogP contribution in [0.5, 0.6) is 5.75 Å². The Morgan fingerprint density at radius 1 is 1.00 bits per heavy atom. The number of hydrogen-bond acceptors (Lipinski definition) is 3. The first kappa shape index (κ1) is 12.9. The third-order valence-corrected chi connectivity index (χ3v) is 3.29. The number of rotatable bonds is 2. The predicted molar refractivity (Wildman–Crippen MR) is 81.8 cm³/mol. The van der Waals surface area contributed by atoms with Gasteiger partial charge >= 0.3 is 5.97 Å². The van der Waals surface area contributed by atoms with Gasteiger partial charge in [0.25, 0.3) is 0 Å². The number of nitriles is 1. The summed E-state index contributed by atoms with van der Waals surface area (Å²) in [6.07, 6.45) is 0. The van der Waals surface area contributed by atoms with Gasteiger partial charge in [0.1, 0.15) is 17.4 Å². The van der Waals surface area contributed by atoms with E-state index in [0.717, 1.165) is 21.5 Å². The van der Waals surface area contributed by atoms with Gasteiger partial charge in [0.05, 0.1) is 0 Å². The molecule has 0 amide bonds. The van der Waals surface area contributed by atoms with E-state index in [4.69, 9.17) is 10.00 Å². The summed E-state index contributed by atoms with van der Waals surface area (Å²) in [5, 5.41) is 12.7. The number of carbonyl (C=O) groups is 1. The smallest absolute Gasteiger partial charge is 0.353 e. The van der Waals surface area contributed by atoms with Crippen LogP contribution in [0, 0.1) is 11.3 Å². The van der Waals surface area contributed by atoms with Gasteiger partial charge in [-0.2, -0.15) is 5.26 Å². The number of carbonyl (C=O) groups excluding carboxylic acids is 1. The van der Waals surface area contributed by atoms with Crippen LogP contribution < -0.4 is 4.74 Å². The summed E-state index contributed by atoms with van der Waals surface area (Å²) in [4.78, 5) is 11.7. The average Bonchev–Trinajstić information content (AvgIpc) is 2.52. The van der Waals surface area contributed by atoms with Crippen molar-refractivity contribution in [1.29, 1.82) is 5.26 Å². The molecule has 0 N–H and O–H groups in total. The molecule has 0 aliphatic carbocycles. The normalized spacial score (nSPS) is 10.2. The Morgan fingerprint density at radius 3 is 2.38 bits per heavy atom. The van der Waals surface area contributed by atoms with Crippen molar-refractivity contribution < 1.29 is 9.53 Å². The van der Waals surface area contributed by atoms with Gasteiger partial charge in [0.15, 0.2) is 0 Å². The fourth-order valence-electron chi connectivity index (χ4n) is 2.23. The fraction of sp³-hybridized carbons (Fsp3) is 0. The standard InChI is InChI=1S/C18H11NO2/c1-12(11-19)18(20)21-17-8-4-7-15-9-13-5-2-3-6-14(13)10-16(15)17/h2-10H,1H2. The van der Waals surface area contributed by atoms with Crippen molar-refractivity contribution in [3.05, 3.63) is 66.7 Å². The van der Waals surface area contributed by atoms with Crippen molar-refractivity contribution in [2.45, 2.75) is 0 Å². The lowest BCUT2D eigenvalue weighted by Crippen LogP contribution is -2.09. The molecule has 0 bridgehead atoms. The third kappa shape index (κ3) is 2.35. The topological polar surface area (TPSA) is 50.1 Å². The number of nitrogens with zero attached hydrogens (tertiary/aromatic N) is 1. The quantitative estimate of drug-likeness (QED) is 0.233. The molecule has 3 rings (SSSR count). The highest BCUT2D eigenvalue weighted by Gasteiger charge is 2.11. The van der Waals surface area contributed by atoms with E-state index >= 15 is 0 Å². The summed E-state index contributed by atoms with van der Waals surface area (Å²) >= 11 is 0. The van der Waals surface area contributed by atoms with Crippen LogP contribution in [0.4, 0.5) is 0 Å². The van der Waals surface area contributed by atoms with Crippen LogP contribution >= 0.6 is 0 Å². The Bertz CT molecular complexity index is 919. The molecule has 0 atom stereocenters. The van der Waals surface area contributed by atoms with E-state index < -0.39 is 5.97 Å². The van der Waals surface area contributed by atoms with Crippen LogP contribution in [0.25, 0.3) is 21.5 Å². The lowest BCUT2D eigenvalue weighted by atomic mass is 10.0. The van der Waals surface area contributed by atoms with Gasteiger partial charge in [-0.25, -0.2) is 4.79 Å². The summed E-state index contributed by atoms with van der Waals surface area (Å²) in [7, 11) is 0. The van der Waals surface area contributed by atoms with E-state index in [-0.39, 0.29) is 5.57 Å². The molecule has 3 aromatic rings. The van der Waals surface area contributed by atoms with E-state index in [9.17, 15) is 4.79 Å². The minimum absolute atomic E-state index is 0.215. The Morgan fingerprint density at radius 2 is 1.67 bits per heavy atom. The zero-order valence-corrected chi connectivity index (χ0v) is 11.2. The van der Waals surface area contributed by atoms with Crippen molar-refractivity contribution in [2.24, 2.45) is 0 Å². The molecule has 0 aliphatic rings. The second-order valence-electron chi connectivity index (χ2n) is 4.66. The van der Waals surface area contributed by atoms with Crippen molar-refractivity contribution >= 4 is 27.5 Å². The van der Waals surface area contributed by atoms with E-state index in [2.05, 4.69) is 6.58 Å². The second kappa shape index (κ2) is 5.10. The van der Waals surface area contributed by atoms with E-state index in [0.29, 0.717) is 5.75 Å². The highest BCUT2D eigenvalue weighted by atomic mass is 16.5. The first-order chi connectivity index (χ1) is 10.2. The van der Waals surface area contributed by atoms with Gasteiger partial charge < -0.3 is 4.74 Å². The van der Waals surface area contributed by atoms with Crippen LogP contribution in [-0.4, -0.2) is 5.97 Å². The molecule has 0 radical (unpaired) electrons. The minimum atomic E-state index is -0.724. The molecule has 0 heterocycles. The number of hydrogen-bond donors (Lipinski definition) is 0. The van der Waals surface area contributed by atoms with Gasteiger partial charge in [-0.3, -0.25) is 0 Å². The van der Waals surface area contributed by atoms with Crippen molar-refractivity contribution in [1.82, 2.24) is 0 Å². The maximum absolute atomic E-state index is 11.7. The van der Waals surface area contributed by atoms with Crippen molar-refractivity contribution in [2.75, 3.05) is 0 Å². The monoisotopic (exact) mass is 273 g/mol. The molecule has 0 aliphatic heterocycles. The summed E-state index contributed by atoms with van der Waals surface area (Å²) < 4.78 is 5.27. The van der Waals surface area contributed by atoms with Crippen LogP contribution in [-0.2, 0) is 4.79 Å². The molecule has 3 heteroatoms. The summed E-state index contributed by atoms with van der Waals surface area (Å²) in [6, 6.07) is 19.2. The van der Waals surface area contributed by atoms with Gasteiger partial charge in [-0.05, 0) is 34.4 Å². The van der Waals surface area contributed by atoms with Crippen LogP contribution in [0.15, 0.2) is 66.7 Å². The molecule has 3 aromatic carbocycles. The molecule has 3 nitrogen and oxygen atoms in total. The first-order valence-electron chi connectivity index (χ1n) is 6.42. The number of fused-ring (bicyclic) bond motifs is 2. The summed E-state index contributed by atoms with van der Waals surface area (Å²) in [5.74, 6) is -0.294. The zero-order valence-electron chi connectivity index (χ0n) is 11.2. The molecule has 0 unspecified atom stereocenters. The second-order valence-corrected chi connectivity index (χ2v) is 4.66. The van der Waals surface area contributed by atoms with Gasteiger partial charge in [0.2, 0.25) is 0 Å². The van der Waals surface area contributed by atoms with Gasteiger partial charge in [-0.15, -0.1) is 0 Å². The molecule has 0 aromatic heterocycles. The molecular weight excluding hydrogens is 262 g/mol. The maximum atomic E-state index is 11.7. The Kier molecular flexibility index (Phi) is 3.13. The molecule has 0 spiro atoms. The minimum Gasteiger partial charge on any atom is -0.422 e. The highest BCUT2D eigenvalue weighted by Crippen LogP contribution is 2.30. The Hall–Kier alpha value is -3.12. The fourth-order valence-corrected chi connectivity index (χ4v) is 2.23. The largest absolute Gasteiger partial charge is 0.422 e. The SMILES string of the molecule is C=C(C#N)C(=O)Oc1cccc2cc3ccccc3cc12. The van der Waals surface area contributed by atoms with Crippen molar-refractivity contribution in [3.8, 4) is 11.8 Å². The number of esters is 1. The molecule has 0 fully saturated rings. The third-order valence-electron chi connectivity index (χ3n) is 3.29. The van der Waals surface area contributed by atoms with E-state index in [1.54, 1.807) is 12.1 Å². The van der Waals surface area contributed by atoms with Crippen LogP contribution in [0.1, 0.15) is 0 Å². The number of ether oxygens (including phenoxy) is 1. The zero-order chi connectivity index (χ0) is 14.8. The molecule has 0 saturated carbocycles. The maximum Gasteiger partial charge on any atom is 0.353 e.